The first-order valence-corrected chi connectivity index (χ1v) is 5.88. The summed E-state index contributed by atoms with van der Waals surface area (Å²) in [5.74, 6) is 0.547. The zero-order chi connectivity index (χ0) is 12.7. The molecule has 1 unspecified atom stereocenters. The van der Waals surface area contributed by atoms with Crippen LogP contribution in [0.1, 0.15) is 32.5 Å². The molecule has 0 saturated heterocycles. The lowest BCUT2D eigenvalue weighted by Gasteiger charge is -2.20. The minimum absolute atomic E-state index is 0.00560. The number of hydrogen-bond donors (Lipinski definition) is 1. The Morgan fingerprint density at radius 3 is 2.59 bits per heavy atom. The van der Waals surface area contributed by atoms with E-state index in [0.29, 0.717) is 12.5 Å². The first kappa shape index (κ1) is 13.9. The van der Waals surface area contributed by atoms with Gasteiger partial charge in [0.15, 0.2) is 0 Å². The standard InChI is InChI=1S/C12H21N3O2/c1-5-13-10(8-17-9(2)3)11-12(16-4)15-7-6-14-11/h6-7,9-10,13H,5,8H2,1-4H3. The maximum absolute atomic E-state index is 5.62. The zero-order valence-electron chi connectivity index (χ0n) is 10.9. The monoisotopic (exact) mass is 239 g/mol. The summed E-state index contributed by atoms with van der Waals surface area (Å²) >= 11 is 0. The van der Waals surface area contributed by atoms with Crippen molar-refractivity contribution in [3.63, 3.8) is 0 Å². The molecular formula is C12H21N3O2. The molecule has 0 fully saturated rings. The van der Waals surface area contributed by atoms with Gasteiger partial charge >= 0.3 is 0 Å². The highest BCUT2D eigenvalue weighted by Gasteiger charge is 2.18. The first-order valence-electron chi connectivity index (χ1n) is 5.88. The third-order valence-corrected chi connectivity index (χ3v) is 2.26. The van der Waals surface area contributed by atoms with Crippen LogP contribution < -0.4 is 10.1 Å². The molecule has 0 radical (unpaired) electrons. The molecular weight excluding hydrogens is 218 g/mol. The maximum atomic E-state index is 5.62. The molecule has 1 aromatic heterocycles. The molecule has 0 aliphatic carbocycles. The van der Waals surface area contributed by atoms with Crippen LogP contribution in [0.5, 0.6) is 5.88 Å². The molecule has 0 spiro atoms. The van der Waals surface area contributed by atoms with Gasteiger partial charge in [-0.1, -0.05) is 6.92 Å². The Morgan fingerprint density at radius 1 is 1.29 bits per heavy atom. The SMILES string of the molecule is CCNC(COC(C)C)c1nccnc1OC. The van der Waals surface area contributed by atoms with Gasteiger partial charge in [-0.05, 0) is 20.4 Å². The average molecular weight is 239 g/mol. The molecule has 1 rings (SSSR count). The molecule has 1 heterocycles. The van der Waals surface area contributed by atoms with Crippen molar-refractivity contribution in [2.75, 3.05) is 20.3 Å². The van der Waals surface area contributed by atoms with Gasteiger partial charge in [0, 0.05) is 12.4 Å². The van der Waals surface area contributed by atoms with Crippen molar-refractivity contribution in [3.8, 4) is 5.88 Å². The Morgan fingerprint density at radius 2 is 2.00 bits per heavy atom. The molecule has 96 valence electrons. The topological polar surface area (TPSA) is 56.3 Å². The minimum atomic E-state index is 0.00560. The summed E-state index contributed by atoms with van der Waals surface area (Å²) < 4.78 is 10.8. The summed E-state index contributed by atoms with van der Waals surface area (Å²) in [7, 11) is 1.60. The number of rotatable bonds is 7. The second kappa shape index (κ2) is 7.19. The van der Waals surface area contributed by atoms with Crippen molar-refractivity contribution < 1.29 is 9.47 Å². The average Bonchev–Trinajstić information content (AvgIpc) is 2.34. The fourth-order valence-electron chi connectivity index (χ4n) is 1.50. The Bertz CT molecular complexity index is 331. The molecule has 5 heteroatoms. The van der Waals surface area contributed by atoms with E-state index in [4.69, 9.17) is 9.47 Å². The summed E-state index contributed by atoms with van der Waals surface area (Å²) in [5.41, 5.74) is 0.789. The summed E-state index contributed by atoms with van der Waals surface area (Å²) in [6.45, 7) is 7.46. The summed E-state index contributed by atoms with van der Waals surface area (Å²) in [5, 5.41) is 3.32. The van der Waals surface area contributed by atoms with Gasteiger partial charge in [-0.3, -0.25) is 4.98 Å². The van der Waals surface area contributed by atoms with E-state index >= 15 is 0 Å². The molecule has 1 N–H and O–H groups in total. The van der Waals surface area contributed by atoms with Crippen LogP contribution in [-0.2, 0) is 4.74 Å². The first-order chi connectivity index (χ1) is 8.19. The van der Waals surface area contributed by atoms with Crippen LogP contribution >= 0.6 is 0 Å². The lowest BCUT2D eigenvalue weighted by atomic mass is 10.2. The Kier molecular flexibility index (Phi) is 5.86. The zero-order valence-corrected chi connectivity index (χ0v) is 10.9. The van der Waals surface area contributed by atoms with E-state index in [0.717, 1.165) is 12.2 Å². The van der Waals surface area contributed by atoms with E-state index < -0.39 is 0 Å². The van der Waals surface area contributed by atoms with Crippen molar-refractivity contribution in [1.29, 1.82) is 0 Å². The number of ether oxygens (including phenoxy) is 2. The lowest BCUT2D eigenvalue weighted by Crippen LogP contribution is -2.28. The number of methoxy groups -OCH3 is 1. The molecule has 0 aromatic carbocycles. The summed E-state index contributed by atoms with van der Waals surface area (Å²) in [6, 6.07) is 0.00560. The predicted octanol–water partition coefficient (Wildman–Crippen LogP) is 1.56. The molecule has 0 saturated carbocycles. The molecule has 0 aliphatic rings. The van der Waals surface area contributed by atoms with Gasteiger partial charge in [0.25, 0.3) is 0 Å². The van der Waals surface area contributed by atoms with Gasteiger partial charge in [-0.25, -0.2) is 4.98 Å². The highest BCUT2D eigenvalue weighted by Crippen LogP contribution is 2.20. The van der Waals surface area contributed by atoms with Gasteiger partial charge in [0.05, 0.1) is 25.9 Å². The Balaban J connectivity index is 2.80. The van der Waals surface area contributed by atoms with Crippen molar-refractivity contribution >= 4 is 0 Å². The van der Waals surface area contributed by atoms with E-state index in [-0.39, 0.29) is 12.1 Å². The van der Waals surface area contributed by atoms with E-state index in [1.54, 1.807) is 19.5 Å². The number of aromatic nitrogens is 2. The normalized spacial score (nSPS) is 12.8. The van der Waals surface area contributed by atoms with Crippen LogP contribution in [-0.4, -0.2) is 36.3 Å². The molecule has 5 nitrogen and oxygen atoms in total. The summed E-state index contributed by atoms with van der Waals surface area (Å²) in [6.07, 6.45) is 3.48. The van der Waals surface area contributed by atoms with Gasteiger partial charge in [0.1, 0.15) is 5.69 Å². The highest BCUT2D eigenvalue weighted by molar-refractivity contribution is 5.21. The van der Waals surface area contributed by atoms with Gasteiger partial charge in [-0.2, -0.15) is 0 Å². The van der Waals surface area contributed by atoms with Gasteiger partial charge < -0.3 is 14.8 Å². The maximum Gasteiger partial charge on any atom is 0.237 e. The Labute approximate surface area is 103 Å². The second-order valence-corrected chi connectivity index (χ2v) is 3.94. The van der Waals surface area contributed by atoms with Crippen LogP contribution in [0.15, 0.2) is 12.4 Å². The molecule has 0 amide bonds. The van der Waals surface area contributed by atoms with Gasteiger partial charge in [-0.15, -0.1) is 0 Å². The Hall–Kier alpha value is -1.20. The summed E-state index contributed by atoms with van der Waals surface area (Å²) in [4.78, 5) is 8.46. The molecule has 0 aliphatic heterocycles. The van der Waals surface area contributed by atoms with E-state index in [2.05, 4.69) is 15.3 Å². The third kappa shape index (κ3) is 4.28. The van der Waals surface area contributed by atoms with Crippen molar-refractivity contribution in [2.45, 2.75) is 32.9 Å². The number of nitrogens with one attached hydrogen (secondary N) is 1. The van der Waals surface area contributed by atoms with Crippen LogP contribution in [0, 0.1) is 0 Å². The number of likely N-dealkylation sites (N-methyl/N-ethyl adjacent to an activating group) is 1. The van der Waals surface area contributed by atoms with Gasteiger partial charge in [0.2, 0.25) is 5.88 Å². The van der Waals surface area contributed by atoms with Crippen LogP contribution in [0.4, 0.5) is 0 Å². The number of hydrogen-bond acceptors (Lipinski definition) is 5. The predicted molar refractivity (Wildman–Crippen MR) is 66.1 cm³/mol. The fraction of sp³-hybridized carbons (Fsp3) is 0.667. The largest absolute Gasteiger partial charge is 0.480 e. The van der Waals surface area contributed by atoms with Crippen LogP contribution in [0.2, 0.25) is 0 Å². The lowest BCUT2D eigenvalue weighted by molar-refractivity contribution is 0.0599. The molecule has 1 atom stereocenters. The third-order valence-electron chi connectivity index (χ3n) is 2.26. The quantitative estimate of drug-likeness (QED) is 0.782. The minimum Gasteiger partial charge on any atom is -0.480 e. The van der Waals surface area contributed by atoms with Crippen molar-refractivity contribution in [2.24, 2.45) is 0 Å². The fourth-order valence-corrected chi connectivity index (χ4v) is 1.50. The van der Waals surface area contributed by atoms with E-state index in [1.807, 2.05) is 20.8 Å². The van der Waals surface area contributed by atoms with Crippen LogP contribution in [0.25, 0.3) is 0 Å². The molecule has 1 aromatic rings. The van der Waals surface area contributed by atoms with Crippen LogP contribution in [0.3, 0.4) is 0 Å². The van der Waals surface area contributed by atoms with E-state index in [1.165, 1.54) is 0 Å². The highest BCUT2D eigenvalue weighted by atomic mass is 16.5. The molecule has 0 bridgehead atoms. The smallest absolute Gasteiger partial charge is 0.237 e. The molecule has 17 heavy (non-hydrogen) atoms. The van der Waals surface area contributed by atoms with Crippen molar-refractivity contribution in [3.05, 3.63) is 18.1 Å². The van der Waals surface area contributed by atoms with E-state index in [9.17, 15) is 0 Å². The second-order valence-electron chi connectivity index (χ2n) is 3.94. The van der Waals surface area contributed by atoms with Crippen molar-refractivity contribution in [1.82, 2.24) is 15.3 Å². The number of nitrogens with zero attached hydrogens (tertiary/aromatic N) is 2.